The third-order valence-electron chi connectivity index (χ3n) is 0.566. The van der Waals surface area contributed by atoms with Crippen LogP contribution in [-0.2, 0) is 0 Å². The Morgan fingerprint density at radius 2 is 2.29 bits per heavy atom. The first-order chi connectivity index (χ1) is 3.31. The summed E-state index contributed by atoms with van der Waals surface area (Å²) in [6, 6.07) is 0. The van der Waals surface area contributed by atoms with Gasteiger partial charge in [0, 0.05) is 5.71 Å². The minimum absolute atomic E-state index is 0.936. The first kappa shape index (κ1) is 6.76. The standard InChI is InChI=1S/C5H9NS/c1-3-4-5(2)6-7/h3-4,7H,1-2H3/b4-3-,6-5?. The fourth-order valence-corrected chi connectivity index (χ4v) is 0.341. The molecule has 0 fully saturated rings. The van der Waals surface area contributed by atoms with Crippen LogP contribution in [0.4, 0.5) is 0 Å². The van der Waals surface area contributed by atoms with E-state index in [0.29, 0.717) is 0 Å². The molecule has 40 valence electrons. The van der Waals surface area contributed by atoms with Gasteiger partial charge < -0.3 is 0 Å². The maximum absolute atomic E-state index is 3.69. The average Bonchev–Trinajstić information content (AvgIpc) is 1.68. The molecule has 0 aromatic rings. The lowest BCUT2D eigenvalue weighted by Gasteiger charge is -1.79. The highest BCUT2D eigenvalue weighted by Gasteiger charge is 1.72. The van der Waals surface area contributed by atoms with Crippen molar-refractivity contribution < 1.29 is 0 Å². The van der Waals surface area contributed by atoms with Crippen molar-refractivity contribution in [3.05, 3.63) is 12.2 Å². The number of rotatable bonds is 1. The van der Waals surface area contributed by atoms with Gasteiger partial charge in [-0.15, -0.1) is 0 Å². The fourth-order valence-electron chi connectivity index (χ4n) is 0.275. The third kappa shape index (κ3) is 3.59. The van der Waals surface area contributed by atoms with Crippen molar-refractivity contribution in [2.75, 3.05) is 0 Å². The maximum Gasteiger partial charge on any atom is 0.0449 e. The Hall–Kier alpha value is -0.240. The molecule has 1 nitrogen and oxygen atoms in total. The summed E-state index contributed by atoms with van der Waals surface area (Å²) in [5.74, 6) is 0. The van der Waals surface area contributed by atoms with E-state index in [1.54, 1.807) is 0 Å². The zero-order valence-electron chi connectivity index (χ0n) is 4.55. The van der Waals surface area contributed by atoms with Gasteiger partial charge in [-0.05, 0) is 32.7 Å². The Bertz CT molecular complexity index is 94.3. The minimum atomic E-state index is 0.936. The Morgan fingerprint density at radius 3 is 2.43 bits per heavy atom. The van der Waals surface area contributed by atoms with Gasteiger partial charge in [-0.1, -0.05) is 6.08 Å². The summed E-state index contributed by atoms with van der Waals surface area (Å²) in [6.07, 6.45) is 3.82. The van der Waals surface area contributed by atoms with Gasteiger partial charge in [0.05, 0.1) is 0 Å². The molecule has 0 rings (SSSR count). The summed E-state index contributed by atoms with van der Waals surface area (Å²) in [7, 11) is 0. The van der Waals surface area contributed by atoms with E-state index in [4.69, 9.17) is 0 Å². The van der Waals surface area contributed by atoms with E-state index in [1.807, 2.05) is 26.0 Å². The van der Waals surface area contributed by atoms with Crippen LogP contribution >= 0.6 is 12.8 Å². The van der Waals surface area contributed by atoms with E-state index < -0.39 is 0 Å². The smallest absolute Gasteiger partial charge is 0.0449 e. The molecule has 0 unspecified atom stereocenters. The van der Waals surface area contributed by atoms with Gasteiger partial charge in [-0.3, -0.25) is 0 Å². The van der Waals surface area contributed by atoms with Gasteiger partial charge in [0.15, 0.2) is 0 Å². The number of hydrogen-bond donors (Lipinski definition) is 1. The van der Waals surface area contributed by atoms with Crippen LogP contribution in [0.5, 0.6) is 0 Å². The molecule has 0 amide bonds. The van der Waals surface area contributed by atoms with Crippen LogP contribution in [0.25, 0.3) is 0 Å². The summed E-state index contributed by atoms with van der Waals surface area (Å²) in [4.78, 5) is 0. The molecule has 0 saturated heterocycles. The molecule has 0 heterocycles. The zero-order chi connectivity index (χ0) is 5.70. The molecule has 0 aromatic carbocycles. The molecule has 0 radical (unpaired) electrons. The second-order valence-corrected chi connectivity index (χ2v) is 1.44. The predicted molar refractivity (Wildman–Crippen MR) is 36.9 cm³/mol. The predicted octanol–water partition coefficient (Wildman–Crippen LogP) is 1.87. The lowest BCUT2D eigenvalue weighted by atomic mass is 10.4. The summed E-state index contributed by atoms with van der Waals surface area (Å²) >= 11 is 3.69. The second-order valence-electron chi connectivity index (χ2n) is 1.24. The molecule has 0 atom stereocenters. The molecule has 2 heteroatoms. The van der Waals surface area contributed by atoms with Crippen LogP contribution < -0.4 is 0 Å². The highest BCUT2D eigenvalue weighted by molar-refractivity contribution is 7.79. The van der Waals surface area contributed by atoms with E-state index in [1.165, 1.54) is 0 Å². The van der Waals surface area contributed by atoms with Gasteiger partial charge in [-0.2, -0.15) is 0 Å². The van der Waals surface area contributed by atoms with Crippen molar-refractivity contribution >= 4 is 18.5 Å². The van der Waals surface area contributed by atoms with Crippen LogP contribution in [0.1, 0.15) is 13.8 Å². The molecule has 0 saturated carbocycles. The number of nitrogens with zero attached hydrogens (tertiary/aromatic N) is 1. The van der Waals surface area contributed by atoms with Gasteiger partial charge >= 0.3 is 0 Å². The molecular formula is C5H9NS. The molecule has 0 N–H and O–H groups in total. The summed E-state index contributed by atoms with van der Waals surface area (Å²) in [5, 5.41) is 0. The number of allylic oxidation sites excluding steroid dienone is 2. The van der Waals surface area contributed by atoms with Crippen molar-refractivity contribution in [3.8, 4) is 0 Å². The van der Waals surface area contributed by atoms with Crippen LogP contribution in [0.2, 0.25) is 0 Å². The Labute approximate surface area is 49.7 Å². The van der Waals surface area contributed by atoms with Crippen molar-refractivity contribution in [2.45, 2.75) is 13.8 Å². The first-order valence-corrected chi connectivity index (χ1v) is 2.52. The van der Waals surface area contributed by atoms with Crippen molar-refractivity contribution in [1.82, 2.24) is 0 Å². The molecule has 7 heavy (non-hydrogen) atoms. The van der Waals surface area contributed by atoms with Crippen LogP contribution in [0.3, 0.4) is 0 Å². The maximum atomic E-state index is 3.69. The van der Waals surface area contributed by atoms with Gasteiger partial charge in [0.25, 0.3) is 0 Å². The largest absolute Gasteiger partial charge is 0.225 e. The van der Waals surface area contributed by atoms with E-state index in [-0.39, 0.29) is 0 Å². The molecule has 0 spiro atoms. The lowest BCUT2D eigenvalue weighted by Crippen LogP contribution is -1.77. The summed E-state index contributed by atoms with van der Waals surface area (Å²) in [6.45, 7) is 3.84. The molecule has 0 aliphatic carbocycles. The lowest BCUT2D eigenvalue weighted by molar-refractivity contribution is 1.71. The topological polar surface area (TPSA) is 12.4 Å². The van der Waals surface area contributed by atoms with Gasteiger partial charge in [0.1, 0.15) is 0 Å². The normalized spacial score (nSPS) is 13.3. The first-order valence-electron chi connectivity index (χ1n) is 2.12. The summed E-state index contributed by atoms with van der Waals surface area (Å²) in [5.41, 5.74) is 0.936. The van der Waals surface area contributed by atoms with Gasteiger partial charge in [0.2, 0.25) is 0 Å². The van der Waals surface area contributed by atoms with Crippen molar-refractivity contribution in [3.63, 3.8) is 0 Å². The van der Waals surface area contributed by atoms with Crippen molar-refractivity contribution in [2.24, 2.45) is 4.40 Å². The Balaban J connectivity index is 3.58. The Morgan fingerprint density at radius 1 is 1.71 bits per heavy atom. The monoisotopic (exact) mass is 115 g/mol. The molecule has 0 aliphatic rings. The van der Waals surface area contributed by atoms with Crippen molar-refractivity contribution in [1.29, 1.82) is 0 Å². The highest BCUT2D eigenvalue weighted by atomic mass is 32.1. The van der Waals surface area contributed by atoms with E-state index in [9.17, 15) is 0 Å². The van der Waals surface area contributed by atoms with Crippen LogP contribution in [-0.4, -0.2) is 5.71 Å². The SMILES string of the molecule is C/C=C\C(C)=NS. The Kier molecular flexibility index (Phi) is 3.80. The van der Waals surface area contributed by atoms with Crippen LogP contribution in [0, 0.1) is 0 Å². The zero-order valence-corrected chi connectivity index (χ0v) is 5.44. The van der Waals surface area contributed by atoms with Crippen LogP contribution in [0.15, 0.2) is 16.5 Å². The molecule has 0 aliphatic heterocycles. The highest BCUT2D eigenvalue weighted by Crippen LogP contribution is 1.82. The fraction of sp³-hybridized carbons (Fsp3) is 0.400. The van der Waals surface area contributed by atoms with E-state index in [2.05, 4.69) is 17.2 Å². The minimum Gasteiger partial charge on any atom is -0.225 e. The van der Waals surface area contributed by atoms with E-state index >= 15 is 0 Å². The average molecular weight is 115 g/mol. The number of hydrogen-bond acceptors (Lipinski definition) is 2. The summed E-state index contributed by atoms with van der Waals surface area (Å²) < 4.78 is 3.60. The van der Waals surface area contributed by atoms with Gasteiger partial charge in [-0.25, -0.2) is 4.40 Å². The molecule has 0 aromatic heterocycles. The van der Waals surface area contributed by atoms with E-state index in [0.717, 1.165) is 5.71 Å². The number of thiol groups is 1. The third-order valence-corrected chi connectivity index (χ3v) is 0.881. The second kappa shape index (κ2) is 3.93. The molecular weight excluding hydrogens is 106 g/mol. The molecule has 0 bridgehead atoms. The quantitative estimate of drug-likeness (QED) is 0.395.